The third-order valence-electron chi connectivity index (χ3n) is 11.8. The van der Waals surface area contributed by atoms with Gasteiger partial charge in [0, 0.05) is 19.3 Å². The fourth-order valence-corrected chi connectivity index (χ4v) is 7.70. The van der Waals surface area contributed by atoms with Gasteiger partial charge in [0.1, 0.15) is 13.2 Å². The maximum Gasteiger partial charge on any atom is 0.306 e. The third-order valence-corrected chi connectivity index (χ3v) is 11.8. The number of rotatable bonds is 49. The van der Waals surface area contributed by atoms with Crippen LogP contribution in [0.15, 0.2) is 60.8 Å². The topological polar surface area (TPSA) is 78.9 Å². The SMILES string of the molecule is CC/C=C\C/C=C\C/C=C\C/C=C\C/C=C\CCCCCCCCCCCC(=O)OCC(COC(=O)CCCCCCCCCCC)OC(=O)CCCCCCCCCCCCCC. The lowest BCUT2D eigenvalue weighted by Gasteiger charge is -2.18. The number of esters is 3. The standard InChI is InChI=1S/C58H102O6/c1-4-7-10-13-16-19-21-23-24-25-26-27-28-29-30-31-32-33-34-35-37-39-42-45-48-51-57(60)63-54-55(53-62-56(59)50-47-44-41-38-18-15-12-9-6-3)64-58(61)52-49-46-43-40-36-22-20-17-14-11-8-5-2/h7,10,16,19,23-24,26-27,29-30,55H,4-6,8-9,11-15,17-18,20-22,25,28,31-54H2,1-3H3/b10-7-,19-16-,24-23-,27-26-,30-29-. The van der Waals surface area contributed by atoms with Crippen LogP contribution in [0.5, 0.6) is 0 Å². The molecule has 0 aliphatic carbocycles. The Morgan fingerprint density at radius 1 is 0.328 bits per heavy atom. The highest BCUT2D eigenvalue weighted by Gasteiger charge is 2.19. The highest BCUT2D eigenvalue weighted by molar-refractivity contribution is 5.71. The summed E-state index contributed by atoms with van der Waals surface area (Å²) in [5.41, 5.74) is 0. The number of unbranched alkanes of at least 4 members (excludes halogenated alkanes) is 28. The molecule has 6 nitrogen and oxygen atoms in total. The van der Waals surface area contributed by atoms with E-state index in [4.69, 9.17) is 14.2 Å². The van der Waals surface area contributed by atoms with Gasteiger partial charge in [0.2, 0.25) is 0 Å². The van der Waals surface area contributed by atoms with Crippen LogP contribution in [0.25, 0.3) is 0 Å². The molecule has 1 atom stereocenters. The lowest BCUT2D eigenvalue weighted by atomic mass is 10.0. The van der Waals surface area contributed by atoms with Gasteiger partial charge in [0.25, 0.3) is 0 Å². The van der Waals surface area contributed by atoms with Crippen molar-refractivity contribution in [2.45, 2.75) is 277 Å². The van der Waals surface area contributed by atoms with Crippen molar-refractivity contribution in [1.82, 2.24) is 0 Å². The maximum atomic E-state index is 12.8. The van der Waals surface area contributed by atoms with E-state index in [2.05, 4.69) is 81.5 Å². The van der Waals surface area contributed by atoms with Gasteiger partial charge >= 0.3 is 17.9 Å². The Kier molecular flexibility index (Phi) is 50.4. The minimum absolute atomic E-state index is 0.0723. The number of ether oxygens (including phenoxy) is 3. The molecule has 0 saturated heterocycles. The van der Waals surface area contributed by atoms with Gasteiger partial charge in [0.05, 0.1) is 0 Å². The molecule has 0 aromatic rings. The Balaban J connectivity index is 4.20. The van der Waals surface area contributed by atoms with Crippen molar-refractivity contribution in [2.24, 2.45) is 0 Å². The van der Waals surface area contributed by atoms with Crippen molar-refractivity contribution in [3.63, 3.8) is 0 Å². The number of carbonyl (C=O) groups excluding carboxylic acids is 3. The summed E-state index contributed by atoms with van der Waals surface area (Å²) in [6.07, 6.45) is 65.0. The normalized spacial score (nSPS) is 12.5. The zero-order valence-corrected chi connectivity index (χ0v) is 42.3. The van der Waals surface area contributed by atoms with E-state index in [0.29, 0.717) is 19.3 Å². The van der Waals surface area contributed by atoms with Crippen LogP contribution in [-0.4, -0.2) is 37.2 Å². The zero-order chi connectivity index (χ0) is 46.5. The monoisotopic (exact) mass is 895 g/mol. The molecular weight excluding hydrogens is 793 g/mol. The van der Waals surface area contributed by atoms with Crippen LogP contribution in [0, 0.1) is 0 Å². The van der Waals surface area contributed by atoms with Gasteiger partial charge in [-0.2, -0.15) is 0 Å². The summed E-state index contributed by atoms with van der Waals surface area (Å²) >= 11 is 0. The molecule has 0 radical (unpaired) electrons. The Hall–Kier alpha value is -2.89. The van der Waals surface area contributed by atoms with Crippen LogP contribution in [0.1, 0.15) is 271 Å². The van der Waals surface area contributed by atoms with Gasteiger partial charge in [-0.05, 0) is 64.2 Å². The Labute approximate surface area is 396 Å². The molecule has 64 heavy (non-hydrogen) atoms. The lowest BCUT2D eigenvalue weighted by Crippen LogP contribution is -2.30. The van der Waals surface area contributed by atoms with Gasteiger partial charge in [-0.15, -0.1) is 0 Å². The molecule has 0 N–H and O–H groups in total. The minimum Gasteiger partial charge on any atom is -0.462 e. The zero-order valence-electron chi connectivity index (χ0n) is 42.3. The van der Waals surface area contributed by atoms with Crippen molar-refractivity contribution < 1.29 is 28.6 Å². The molecule has 0 spiro atoms. The average molecular weight is 895 g/mol. The molecule has 1 unspecified atom stereocenters. The second-order valence-electron chi connectivity index (χ2n) is 18.1. The molecule has 0 saturated carbocycles. The summed E-state index contributed by atoms with van der Waals surface area (Å²) in [4.78, 5) is 37.9. The molecule has 0 aromatic heterocycles. The molecule has 0 aliphatic rings. The summed E-state index contributed by atoms with van der Waals surface area (Å²) in [7, 11) is 0. The Morgan fingerprint density at radius 3 is 0.953 bits per heavy atom. The van der Waals surface area contributed by atoms with E-state index < -0.39 is 6.10 Å². The van der Waals surface area contributed by atoms with Crippen LogP contribution in [0.4, 0.5) is 0 Å². The van der Waals surface area contributed by atoms with Gasteiger partial charge in [-0.1, -0.05) is 248 Å². The second-order valence-corrected chi connectivity index (χ2v) is 18.1. The average Bonchev–Trinajstić information content (AvgIpc) is 3.29. The van der Waals surface area contributed by atoms with Gasteiger partial charge < -0.3 is 14.2 Å². The fraction of sp³-hybridized carbons (Fsp3) is 0.776. The third kappa shape index (κ3) is 50.1. The molecule has 0 heterocycles. The smallest absolute Gasteiger partial charge is 0.306 e. The first kappa shape index (κ1) is 61.1. The van der Waals surface area contributed by atoms with Crippen molar-refractivity contribution in [3.05, 3.63) is 60.8 Å². The predicted molar refractivity (Wildman–Crippen MR) is 275 cm³/mol. The number of hydrogen-bond donors (Lipinski definition) is 0. The molecule has 0 rings (SSSR count). The highest BCUT2D eigenvalue weighted by atomic mass is 16.6. The molecule has 0 aromatic carbocycles. The summed E-state index contributed by atoms with van der Waals surface area (Å²) in [6, 6.07) is 0. The van der Waals surface area contributed by atoms with Crippen LogP contribution >= 0.6 is 0 Å². The largest absolute Gasteiger partial charge is 0.462 e. The number of allylic oxidation sites excluding steroid dienone is 10. The van der Waals surface area contributed by atoms with E-state index in [1.165, 1.54) is 135 Å². The highest BCUT2D eigenvalue weighted by Crippen LogP contribution is 2.16. The summed E-state index contributed by atoms with van der Waals surface area (Å²) in [5, 5.41) is 0. The molecule has 0 aliphatic heterocycles. The number of carbonyl (C=O) groups is 3. The van der Waals surface area contributed by atoms with E-state index >= 15 is 0 Å². The first-order chi connectivity index (χ1) is 31.5. The Bertz CT molecular complexity index is 1170. The van der Waals surface area contributed by atoms with Gasteiger partial charge in [-0.25, -0.2) is 0 Å². The number of hydrogen-bond acceptors (Lipinski definition) is 6. The van der Waals surface area contributed by atoms with E-state index in [-0.39, 0.29) is 31.1 Å². The quantitative estimate of drug-likeness (QED) is 0.0262. The summed E-state index contributed by atoms with van der Waals surface area (Å²) in [6.45, 7) is 6.51. The van der Waals surface area contributed by atoms with Crippen molar-refractivity contribution in [3.8, 4) is 0 Å². The maximum absolute atomic E-state index is 12.8. The molecule has 6 heteroatoms. The second kappa shape index (κ2) is 52.7. The van der Waals surface area contributed by atoms with Crippen LogP contribution < -0.4 is 0 Å². The first-order valence-corrected chi connectivity index (χ1v) is 27.3. The molecule has 370 valence electrons. The lowest BCUT2D eigenvalue weighted by molar-refractivity contribution is -0.167. The van der Waals surface area contributed by atoms with Crippen LogP contribution in [0.3, 0.4) is 0 Å². The predicted octanol–water partition coefficient (Wildman–Crippen LogP) is 18.0. The minimum atomic E-state index is -0.770. The van der Waals surface area contributed by atoms with E-state index in [1.54, 1.807) is 0 Å². The molecule has 0 fully saturated rings. The van der Waals surface area contributed by atoms with E-state index in [9.17, 15) is 14.4 Å². The molecule has 0 bridgehead atoms. The van der Waals surface area contributed by atoms with Gasteiger partial charge in [0.15, 0.2) is 6.10 Å². The summed E-state index contributed by atoms with van der Waals surface area (Å²) < 4.78 is 16.8. The summed E-state index contributed by atoms with van der Waals surface area (Å²) in [5.74, 6) is -0.874. The molecular formula is C58H102O6. The van der Waals surface area contributed by atoms with Gasteiger partial charge in [-0.3, -0.25) is 14.4 Å². The van der Waals surface area contributed by atoms with E-state index in [0.717, 1.165) is 96.3 Å². The Morgan fingerprint density at radius 2 is 0.609 bits per heavy atom. The fourth-order valence-electron chi connectivity index (χ4n) is 7.70. The first-order valence-electron chi connectivity index (χ1n) is 27.3. The van der Waals surface area contributed by atoms with Crippen LogP contribution in [-0.2, 0) is 28.6 Å². The van der Waals surface area contributed by atoms with E-state index in [1.807, 2.05) is 0 Å². The molecule has 0 amide bonds. The van der Waals surface area contributed by atoms with Crippen LogP contribution in [0.2, 0.25) is 0 Å². The van der Waals surface area contributed by atoms with Crippen molar-refractivity contribution >= 4 is 17.9 Å². The van der Waals surface area contributed by atoms with Crippen molar-refractivity contribution in [1.29, 1.82) is 0 Å². The van der Waals surface area contributed by atoms with Crippen molar-refractivity contribution in [2.75, 3.05) is 13.2 Å².